The molecular weight excluding hydrogens is 256 g/mol. The van der Waals surface area contributed by atoms with Crippen molar-refractivity contribution in [3.63, 3.8) is 0 Å². The molecule has 0 unspecified atom stereocenters. The van der Waals surface area contributed by atoms with E-state index in [-0.39, 0.29) is 12.7 Å². The normalized spacial score (nSPS) is 16.5. The lowest BCUT2D eigenvalue weighted by molar-refractivity contribution is 0.0947. The molecule has 0 saturated heterocycles. The zero-order valence-corrected chi connectivity index (χ0v) is 11.7. The highest BCUT2D eigenvalue weighted by Gasteiger charge is 2.27. The van der Waals surface area contributed by atoms with Crippen molar-refractivity contribution in [2.75, 3.05) is 26.4 Å². The number of likely N-dealkylation sites (N-methyl/N-ethyl adjacent to an activating group) is 1. The van der Waals surface area contributed by atoms with Crippen LogP contribution in [-0.2, 0) is 0 Å². The van der Waals surface area contributed by atoms with E-state index in [1.807, 2.05) is 0 Å². The molecule has 1 aliphatic carbocycles. The van der Waals surface area contributed by atoms with E-state index in [0.29, 0.717) is 23.6 Å². The summed E-state index contributed by atoms with van der Waals surface area (Å²) in [6.45, 7) is 5.03. The summed E-state index contributed by atoms with van der Waals surface area (Å²) in [6.07, 6.45) is 2.59. The van der Waals surface area contributed by atoms with Crippen molar-refractivity contribution in [2.24, 2.45) is 0 Å². The van der Waals surface area contributed by atoms with Crippen LogP contribution in [0.25, 0.3) is 0 Å². The summed E-state index contributed by atoms with van der Waals surface area (Å²) in [6, 6.07) is 6.01. The fraction of sp³-hybridized carbons (Fsp3) is 0.533. The molecule has 108 valence electrons. The van der Waals surface area contributed by atoms with Gasteiger partial charge in [-0.2, -0.15) is 0 Å². The van der Waals surface area contributed by atoms with Crippen molar-refractivity contribution in [3.05, 3.63) is 23.8 Å². The van der Waals surface area contributed by atoms with Gasteiger partial charge in [0.05, 0.1) is 0 Å². The lowest BCUT2D eigenvalue weighted by atomic mass is 10.2. The molecule has 0 aromatic heterocycles. The second-order valence-corrected chi connectivity index (χ2v) is 5.18. The predicted molar refractivity (Wildman–Crippen MR) is 75.2 cm³/mol. The van der Waals surface area contributed by atoms with Crippen LogP contribution in [0.3, 0.4) is 0 Å². The van der Waals surface area contributed by atoms with E-state index in [4.69, 9.17) is 9.47 Å². The summed E-state index contributed by atoms with van der Waals surface area (Å²) in [4.78, 5) is 14.5. The topological polar surface area (TPSA) is 50.8 Å². The van der Waals surface area contributed by atoms with E-state index < -0.39 is 0 Å². The first-order valence-electron chi connectivity index (χ1n) is 7.20. The van der Waals surface area contributed by atoms with Gasteiger partial charge in [0.1, 0.15) is 0 Å². The number of nitrogens with one attached hydrogen (secondary N) is 1. The number of ether oxygens (including phenoxy) is 2. The Hall–Kier alpha value is -1.75. The van der Waals surface area contributed by atoms with Crippen LogP contribution < -0.4 is 14.8 Å². The van der Waals surface area contributed by atoms with Crippen molar-refractivity contribution >= 4 is 5.91 Å². The Morgan fingerprint density at radius 2 is 2.15 bits per heavy atom. The molecule has 0 spiro atoms. The summed E-state index contributed by atoms with van der Waals surface area (Å²) in [5.74, 6) is 1.29. The molecule has 1 amide bonds. The van der Waals surface area contributed by atoms with Gasteiger partial charge in [0.2, 0.25) is 6.79 Å². The molecule has 3 rings (SSSR count). The molecule has 0 atom stereocenters. The third-order valence-corrected chi connectivity index (χ3v) is 3.79. The molecule has 1 aromatic carbocycles. The van der Waals surface area contributed by atoms with E-state index in [2.05, 4.69) is 17.1 Å². The van der Waals surface area contributed by atoms with Crippen molar-refractivity contribution in [1.82, 2.24) is 10.2 Å². The van der Waals surface area contributed by atoms with Crippen molar-refractivity contribution < 1.29 is 14.3 Å². The van der Waals surface area contributed by atoms with Crippen LogP contribution in [0.5, 0.6) is 11.5 Å². The van der Waals surface area contributed by atoms with Gasteiger partial charge in [0.15, 0.2) is 11.5 Å². The molecule has 1 heterocycles. The number of hydrogen-bond acceptors (Lipinski definition) is 4. The number of carbonyl (C=O) groups excluding carboxylic acids is 1. The maximum absolute atomic E-state index is 12.1. The molecule has 20 heavy (non-hydrogen) atoms. The minimum absolute atomic E-state index is 0.0600. The van der Waals surface area contributed by atoms with Gasteiger partial charge in [0.25, 0.3) is 5.91 Å². The monoisotopic (exact) mass is 276 g/mol. The quantitative estimate of drug-likeness (QED) is 0.858. The molecule has 5 nitrogen and oxygen atoms in total. The lowest BCUT2D eigenvalue weighted by Gasteiger charge is -2.19. The van der Waals surface area contributed by atoms with Gasteiger partial charge in [-0.05, 0) is 37.6 Å². The minimum Gasteiger partial charge on any atom is -0.454 e. The third-order valence-electron chi connectivity index (χ3n) is 3.79. The number of nitrogens with zero attached hydrogens (tertiary/aromatic N) is 1. The fourth-order valence-corrected chi connectivity index (χ4v) is 2.49. The van der Waals surface area contributed by atoms with Gasteiger partial charge in [-0.25, -0.2) is 0 Å². The number of amides is 1. The summed E-state index contributed by atoms with van der Waals surface area (Å²) in [5.41, 5.74) is 0.615. The van der Waals surface area contributed by atoms with Crippen molar-refractivity contribution in [3.8, 4) is 11.5 Å². The first kappa shape index (κ1) is 13.2. The Labute approximate surface area is 118 Å². The Balaban J connectivity index is 1.51. The summed E-state index contributed by atoms with van der Waals surface area (Å²) < 4.78 is 10.5. The number of hydrogen-bond donors (Lipinski definition) is 1. The maximum Gasteiger partial charge on any atom is 0.251 e. The highest BCUT2D eigenvalue weighted by atomic mass is 16.7. The van der Waals surface area contributed by atoms with Crippen LogP contribution in [0.4, 0.5) is 0 Å². The van der Waals surface area contributed by atoms with Crippen molar-refractivity contribution in [1.29, 1.82) is 0 Å². The van der Waals surface area contributed by atoms with E-state index in [1.54, 1.807) is 18.2 Å². The molecule has 5 heteroatoms. The zero-order valence-electron chi connectivity index (χ0n) is 11.7. The van der Waals surface area contributed by atoms with Crippen molar-refractivity contribution in [2.45, 2.75) is 25.8 Å². The minimum atomic E-state index is -0.0600. The Bertz CT molecular complexity index is 500. The van der Waals surface area contributed by atoms with E-state index in [1.165, 1.54) is 12.8 Å². The standard InChI is InChI=1S/C15H20N2O3/c1-2-17(12-4-5-12)8-7-16-15(18)11-3-6-13-14(9-11)20-10-19-13/h3,6,9,12H,2,4-5,7-8,10H2,1H3,(H,16,18). The highest BCUT2D eigenvalue weighted by molar-refractivity contribution is 5.94. The van der Waals surface area contributed by atoms with Crippen LogP contribution in [0.2, 0.25) is 0 Å². The molecule has 1 N–H and O–H groups in total. The molecule has 1 fully saturated rings. The van der Waals surface area contributed by atoms with Crippen LogP contribution in [0.15, 0.2) is 18.2 Å². The van der Waals surface area contributed by atoms with Gasteiger partial charge in [0, 0.05) is 24.7 Å². The van der Waals surface area contributed by atoms with Crippen LogP contribution in [0, 0.1) is 0 Å². The molecule has 0 radical (unpaired) electrons. The molecule has 0 bridgehead atoms. The third kappa shape index (κ3) is 2.88. The Morgan fingerprint density at radius 1 is 1.35 bits per heavy atom. The maximum atomic E-state index is 12.1. The van der Waals surface area contributed by atoms with Crippen LogP contribution in [-0.4, -0.2) is 43.3 Å². The number of fused-ring (bicyclic) bond motifs is 1. The summed E-state index contributed by atoms with van der Waals surface area (Å²) in [5, 5.41) is 2.96. The average molecular weight is 276 g/mol. The van der Waals surface area contributed by atoms with Crippen LogP contribution in [0.1, 0.15) is 30.1 Å². The molecular formula is C15H20N2O3. The second-order valence-electron chi connectivity index (χ2n) is 5.18. The molecule has 2 aliphatic rings. The van der Waals surface area contributed by atoms with E-state index in [9.17, 15) is 4.79 Å². The highest BCUT2D eigenvalue weighted by Crippen LogP contribution is 2.32. The zero-order chi connectivity index (χ0) is 13.9. The molecule has 1 saturated carbocycles. The number of carbonyl (C=O) groups is 1. The van der Waals surface area contributed by atoms with Gasteiger partial charge < -0.3 is 14.8 Å². The van der Waals surface area contributed by atoms with Crippen LogP contribution >= 0.6 is 0 Å². The first-order valence-corrected chi connectivity index (χ1v) is 7.20. The van der Waals surface area contributed by atoms with Gasteiger partial charge in [-0.15, -0.1) is 0 Å². The smallest absolute Gasteiger partial charge is 0.251 e. The number of rotatable bonds is 6. The van der Waals surface area contributed by atoms with Gasteiger partial charge in [-0.1, -0.05) is 6.92 Å². The Morgan fingerprint density at radius 3 is 2.90 bits per heavy atom. The average Bonchev–Trinajstić information content (AvgIpc) is 3.19. The second kappa shape index (κ2) is 5.71. The lowest BCUT2D eigenvalue weighted by Crippen LogP contribution is -2.36. The SMILES string of the molecule is CCN(CCNC(=O)c1ccc2c(c1)OCO2)C1CC1. The van der Waals surface area contributed by atoms with E-state index >= 15 is 0 Å². The summed E-state index contributed by atoms with van der Waals surface area (Å²) >= 11 is 0. The van der Waals surface area contributed by atoms with Gasteiger partial charge >= 0.3 is 0 Å². The molecule has 1 aliphatic heterocycles. The first-order chi connectivity index (χ1) is 9.78. The largest absolute Gasteiger partial charge is 0.454 e. The fourth-order valence-electron chi connectivity index (χ4n) is 2.49. The van der Waals surface area contributed by atoms with Gasteiger partial charge in [-0.3, -0.25) is 9.69 Å². The predicted octanol–water partition coefficient (Wildman–Crippen LogP) is 1.63. The molecule has 1 aromatic rings. The number of benzene rings is 1. The summed E-state index contributed by atoms with van der Waals surface area (Å²) in [7, 11) is 0. The Kier molecular flexibility index (Phi) is 3.78. The van der Waals surface area contributed by atoms with E-state index in [0.717, 1.165) is 19.1 Å².